The molecular formula is C28H37FN2O. The lowest BCUT2D eigenvalue weighted by atomic mass is 9.49. The van der Waals surface area contributed by atoms with Crippen molar-refractivity contribution in [3.05, 3.63) is 30.2 Å². The minimum atomic E-state index is -0.273. The van der Waals surface area contributed by atoms with Crippen molar-refractivity contribution in [3.63, 3.8) is 0 Å². The number of halogens is 1. The summed E-state index contributed by atoms with van der Waals surface area (Å²) in [4.78, 5) is 13.6. The van der Waals surface area contributed by atoms with Crippen LogP contribution in [0.25, 0.3) is 10.9 Å². The molecule has 1 aromatic heterocycles. The van der Waals surface area contributed by atoms with E-state index in [9.17, 15) is 9.18 Å². The highest BCUT2D eigenvalue weighted by molar-refractivity contribution is 5.85. The van der Waals surface area contributed by atoms with Crippen LogP contribution in [0.4, 0.5) is 4.39 Å². The van der Waals surface area contributed by atoms with Gasteiger partial charge in [0, 0.05) is 11.3 Å². The van der Waals surface area contributed by atoms with E-state index < -0.39 is 0 Å². The topological polar surface area (TPSA) is 34.9 Å². The van der Waals surface area contributed by atoms with Crippen LogP contribution in [-0.2, 0) is 11.3 Å². The molecule has 32 heavy (non-hydrogen) atoms. The molecule has 0 saturated heterocycles. The number of benzene rings is 1. The standard InChI is InChI=1S/C28H37FN2O/c1-17-3-7-21-18(13-17)5-8-23-22(21)11-12-28(2)24(23)9-10-25(28)27(32)16-31-26-14-20(29)6-4-19(26)15-30-31/h4,6,14-15,17-18,21-25H,3,5,7-13,16H2,1-2H3/t17-,18+,21-,22?,23+,24?,25+,28?/m0/s1. The van der Waals surface area contributed by atoms with E-state index in [0.29, 0.717) is 11.7 Å². The van der Waals surface area contributed by atoms with Crippen molar-refractivity contribution in [2.45, 2.75) is 78.2 Å². The Morgan fingerprint density at radius 3 is 2.81 bits per heavy atom. The van der Waals surface area contributed by atoms with Crippen molar-refractivity contribution in [2.24, 2.45) is 46.8 Å². The van der Waals surface area contributed by atoms with E-state index in [2.05, 4.69) is 18.9 Å². The summed E-state index contributed by atoms with van der Waals surface area (Å²) >= 11 is 0. The van der Waals surface area contributed by atoms with Crippen LogP contribution in [0.1, 0.15) is 71.6 Å². The van der Waals surface area contributed by atoms with Gasteiger partial charge in [-0.1, -0.05) is 20.3 Å². The van der Waals surface area contributed by atoms with Gasteiger partial charge in [0.2, 0.25) is 0 Å². The summed E-state index contributed by atoms with van der Waals surface area (Å²) in [6.07, 6.45) is 13.7. The molecule has 6 rings (SSSR count). The van der Waals surface area contributed by atoms with Crippen molar-refractivity contribution >= 4 is 16.7 Å². The van der Waals surface area contributed by atoms with Gasteiger partial charge in [0.1, 0.15) is 12.4 Å². The molecule has 3 nitrogen and oxygen atoms in total. The van der Waals surface area contributed by atoms with E-state index in [1.807, 2.05) is 0 Å². The summed E-state index contributed by atoms with van der Waals surface area (Å²) in [6, 6.07) is 4.71. The molecule has 2 aromatic rings. The Morgan fingerprint density at radius 1 is 1.09 bits per heavy atom. The van der Waals surface area contributed by atoms with Gasteiger partial charge in [-0.05, 0) is 110 Å². The number of carbonyl (C=O) groups is 1. The van der Waals surface area contributed by atoms with Gasteiger partial charge in [-0.3, -0.25) is 9.48 Å². The molecule has 0 radical (unpaired) electrons. The maximum absolute atomic E-state index is 13.8. The molecule has 0 amide bonds. The number of hydrogen-bond donors (Lipinski definition) is 0. The molecule has 1 aromatic carbocycles. The molecule has 0 bridgehead atoms. The van der Waals surface area contributed by atoms with Gasteiger partial charge in [-0.2, -0.15) is 5.10 Å². The lowest BCUT2D eigenvalue weighted by Gasteiger charge is -2.56. The Kier molecular flexibility index (Phi) is 5.00. The number of hydrogen-bond acceptors (Lipinski definition) is 2. The van der Waals surface area contributed by atoms with Crippen molar-refractivity contribution in [1.29, 1.82) is 0 Å². The number of aromatic nitrogens is 2. The third-order valence-corrected chi connectivity index (χ3v) is 10.5. The van der Waals surface area contributed by atoms with Gasteiger partial charge in [0.25, 0.3) is 0 Å². The number of nitrogens with zero attached hydrogens (tertiary/aromatic N) is 2. The average Bonchev–Trinajstić information content (AvgIpc) is 3.33. The molecule has 1 heterocycles. The van der Waals surface area contributed by atoms with Crippen molar-refractivity contribution in [2.75, 3.05) is 0 Å². The Labute approximate surface area is 191 Å². The minimum absolute atomic E-state index is 0.130. The molecule has 4 aliphatic carbocycles. The molecule has 0 N–H and O–H groups in total. The average molecular weight is 437 g/mol. The fourth-order valence-corrected chi connectivity index (χ4v) is 9.04. The first kappa shape index (κ1) is 20.9. The summed E-state index contributed by atoms with van der Waals surface area (Å²) < 4.78 is 15.5. The van der Waals surface area contributed by atoms with Gasteiger partial charge in [-0.15, -0.1) is 0 Å². The van der Waals surface area contributed by atoms with Crippen LogP contribution in [0.3, 0.4) is 0 Å². The van der Waals surface area contributed by atoms with E-state index in [0.717, 1.165) is 46.9 Å². The van der Waals surface area contributed by atoms with Crippen molar-refractivity contribution in [3.8, 4) is 0 Å². The normalized spacial score (nSPS) is 41.2. The Bertz CT molecular complexity index is 1030. The zero-order valence-corrected chi connectivity index (χ0v) is 19.6. The van der Waals surface area contributed by atoms with Crippen LogP contribution in [0, 0.1) is 52.7 Å². The minimum Gasteiger partial charge on any atom is -0.297 e. The highest BCUT2D eigenvalue weighted by Gasteiger charge is 2.58. The summed E-state index contributed by atoms with van der Waals surface area (Å²) in [6.45, 7) is 5.15. The number of Topliss-reactive ketones (excluding diaryl/α,β-unsaturated/α-hetero) is 1. The van der Waals surface area contributed by atoms with E-state index >= 15 is 0 Å². The molecule has 0 spiro atoms. The lowest BCUT2D eigenvalue weighted by Crippen LogP contribution is -2.49. The zero-order chi connectivity index (χ0) is 22.0. The second-order valence-electron chi connectivity index (χ2n) is 12.0. The van der Waals surface area contributed by atoms with E-state index in [-0.39, 0.29) is 23.7 Å². The van der Waals surface area contributed by atoms with Crippen LogP contribution in [0.15, 0.2) is 24.4 Å². The highest BCUT2D eigenvalue weighted by Crippen LogP contribution is 2.64. The summed E-state index contributed by atoms with van der Waals surface area (Å²) in [5, 5.41) is 5.32. The Hall–Kier alpha value is -1.71. The predicted molar refractivity (Wildman–Crippen MR) is 124 cm³/mol. The third kappa shape index (κ3) is 3.19. The van der Waals surface area contributed by atoms with E-state index in [1.54, 1.807) is 16.9 Å². The third-order valence-electron chi connectivity index (χ3n) is 10.5. The SMILES string of the molecule is C[C@H]1CC[C@@H]2C3CCC4(C)C(CC[C@@H]4C(=O)Cn4ncc5ccc(F)cc54)[C@@H]3CC[C@@H]2C1. The monoisotopic (exact) mass is 436 g/mol. The number of carbonyl (C=O) groups excluding carboxylic acids is 1. The molecule has 8 atom stereocenters. The molecular weight excluding hydrogens is 399 g/mol. The second-order valence-corrected chi connectivity index (χ2v) is 12.0. The maximum Gasteiger partial charge on any atom is 0.157 e. The van der Waals surface area contributed by atoms with Gasteiger partial charge in [0.05, 0.1) is 11.7 Å². The van der Waals surface area contributed by atoms with Crippen LogP contribution in [0.2, 0.25) is 0 Å². The molecule has 3 unspecified atom stereocenters. The predicted octanol–water partition coefficient (Wildman–Crippen LogP) is 6.65. The van der Waals surface area contributed by atoms with E-state index in [4.69, 9.17) is 0 Å². The fraction of sp³-hybridized carbons (Fsp3) is 0.714. The Balaban J connectivity index is 1.21. The van der Waals surface area contributed by atoms with Crippen molar-refractivity contribution < 1.29 is 9.18 Å². The smallest absolute Gasteiger partial charge is 0.157 e. The van der Waals surface area contributed by atoms with Crippen molar-refractivity contribution in [1.82, 2.24) is 9.78 Å². The van der Waals surface area contributed by atoms with Crippen LogP contribution in [-0.4, -0.2) is 15.6 Å². The number of rotatable bonds is 3. The lowest BCUT2D eigenvalue weighted by molar-refractivity contribution is -0.131. The van der Waals surface area contributed by atoms with Gasteiger partial charge in [-0.25, -0.2) is 4.39 Å². The first-order chi connectivity index (χ1) is 15.4. The zero-order valence-electron chi connectivity index (χ0n) is 19.6. The maximum atomic E-state index is 13.8. The molecule has 4 aliphatic rings. The summed E-state index contributed by atoms with van der Waals surface area (Å²) in [5.74, 6) is 5.46. The molecule has 4 fully saturated rings. The molecule has 4 saturated carbocycles. The van der Waals surface area contributed by atoms with Crippen LogP contribution >= 0.6 is 0 Å². The summed E-state index contributed by atoms with van der Waals surface area (Å²) in [5.41, 5.74) is 0.868. The fourth-order valence-electron chi connectivity index (χ4n) is 9.04. The first-order valence-corrected chi connectivity index (χ1v) is 13.1. The second kappa shape index (κ2) is 7.67. The van der Waals surface area contributed by atoms with Gasteiger partial charge >= 0.3 is 0 Å². The van der Waals surface area contributed by atoms with Gasteiger partial charge in [0.15, 0.2) is 5.78 Å². The number of fused-ring (bicyclic) bond motifs is 6. The Morgan fingerprint density at radius 2 is 1.94 bits per heavy atom. The quantitative estimate of drug-likeness (QED) is 0.540. The van der Waals surface area contributed by atoms with E-state index in [1.165, 1.54) is 63.5 Å². The number of ketones is 1. The first-order valence-electron chi connectivity index (χ1n) is 13.1. The van der Waals surface area contributed by atoms with Crippen LogP contribution < -0.4 is 0 Å². The van der Waals surface area contributed by atoms with Gasteiger partial charge < -0.3 is 0 Å². The molecule has 4 heteroatoms. The largest absolute Gasteiger partial charge is 0.297 e. The summed E-state index contributed by atoms with van der Waals surface area (Å²) in [7, 11) is 0. The molecule has 172 valence electrons. The van der Waals surface area contributed by atoms with Crippen LogP contribution in [0.5, 0.6) is 0 Å². The molecule has 0 aliphatic heterocycles. The highest BCUT2D eigenvalue weighted by atomic mass is 19.1.